The molecule has 0 aromatic heterocycles. The van der Waals surface area contributed by atoms with Gasteiger partial charge in [-0.25, -0.2) is 0 Å². The summed E-state index contributed by atoms with van der Waals surface area (Å²) in [6.07, 6.45) is 3.50. The van der Waals surface area contributed by atoms with Crippen molar-refractivity contribution in [1.82, 2.24) is 4.90 Å². The molecule has 0 atom stereocenters. The van der Waals surface area contributed by atoms with Gasteiger partial charge >= 0.3 is 0 Å². The molecule has 1 aliphatic rings. The molecule has 0 radical (unpaired) electrons. The van der Waals surface area contributed by atoms with E-state index in [-0.39, 0.29) is 0 Å². The normalized spacial score (nSPS) is 19.8. The van der Waals surface area contributed by atoms with E-state index in [1.807, 2.05) is 0 Å². The first-order valence-corrected chi connectivity index (χ1v) is 3.62. The van der Waals surface area contributed by atoms with E-state index in [0.717, 1.165) is 6.54 Å². The van der Waals surface area contributed by atoms with Crippen molar-refractivity contribution in [2.75, 3.05) is 26.7 Å². The van der Waals surface area contributed by atoms with E-state index in [1.54, 1.807) is 0 Å². The fourth-order valence-corrected chi connectivity index (χ4v) is 1.16. The minimum atomic E-state index is 1.14. The second-order valence-electron chi connectivity index (χ2n) is 2.58. The maximum Gasteiger partial charge on any atom is 0.233 e. The minimum Gasteiger partial charge on any atom is -0.271 e. The third kappa shape index (κ3) is 1.70. The van der Waals surface area contributed by atoms with Gasteiger partial charge in [0.2, 0.25) is 6.34 Å². The van der Waals surface area contributed by atoms with Gasteiger partial charge in [0.1, 0.15) is 0 Å². The molecule has 9 heavy (non-hydrogen) atoms. The Hall–Kier alpha value is -0.530. The third-order valence-corrected chi connectivity index (χ3v) is 1.72. The lowest BCUT2D eigenvalue weighted by atomic mass is 10.3. The number of rotatable bonds is 1. The molecule has 1 aliphatic heterocycles. The van der Waals surface area contributed by atoms with Crippen molar-refractivity contribution in [2.24, 2.45) is 0 Å². The van der Waals surface area contributed by atoms with Crippen LogP contribution in [-0.2, 0) is 0 Å². The van der Waals surface area contributed by atoms with Gasteiger partial charge in [-0.15, -0.1) is 0 Å². The molecule has 0 N–H and O–H groups in total. The highest BCUT2D eigenvalue weighted by atomic mass is 15.2. The molecule has 52 valence electrons. The Kier molecular flexibility index (Phi) is 2.09. The zero-order valence-corrected chi connectivity index (χ0v) is 6.30. The van der Waals surface area contributed by atoms with Gasteiger partial charge in [0, 0.05) is 6.42 Å². The smallest absolute Gasteiger partial charge is 0.233 e. The van der Waals surface area contributed by atoms with Crippen molar-refractivity contribution in [1.29, 1.82) is 0 Å². The quantitative estimate of drug-likeness (QED) is 0.462. The van der Waals surface area contributed by atoms with Crippen LogP contribution in [0.5, 0.6) is 0 Å². The zero-order valence-electron chi connectivity index (χ0n) is 6.30. The predicted molar refractivity (Wildman–Crippen MR) is 39.0 cm³/mol. The van der Waals surface area contributed by atoms with Gasteiger partial charge in [-0.05, 0) is 6.92 Å². The summed E-state index contributed by atoms with van der Waals surface area (Å²) < 4.78 is 2.24. The van der Waals surface area contributed by atoms with E-state index < -0.39 is 0 Å². The molecule has 1 rings (SSSR count). The van der Waals surface area contributed by atoms with Gasteiger partial charge in [-0.3, -0.25) is 9.48 Å². The summed E-state index contributed by atoms with van der Waals surface area (Å²) in [6, 6.07) is 0. The first kappa shape index (κ1) is 6.59. The summed E-state index contributed by atoms with van der Waals surface area (Å²) in [7, 11) is 2.13. The Bertz CT molecular complexity index is 118. The highest BCUT2D eigenvalue weighted by Crippen LogP contribution is 1.93. The average molecular weight is 127 g/mol. The van der Waals surface area contributed by atoms with Crippen molar-refractivity contribution in [3.63, 3.8) is 0 Å². The number of hydrogen-bond acceptors (Lipinski definition) is 1. The maximum atomic E-state index is 2.34. The molecule has 0 aromatic rings. The van der Waals surface area contributed by atoms with E-state index in [1.165, 1.54) is 19.5 Å². The molecular weight excluding hydrogens is 112 g/mol. The Labute approximate surface area is 56.8 Å². The molecule has 0 spiro atoms. The van der Waals surface area contributed by atoms with Crippen LogP contribution in [0.4, 0.5) is 0 Å². The highest BCUT2D eigenvalue weighted by Gasteiger charge is 2.10. The van der Waals surface area contributed by atoms with E-state index in [9.17, 15) is 0 Å². The van der Waals surface area contributed by atoms with Crippen LogP contribution < -0.4 is 0 Å². The molecule has 0 saturated carbocycles. The van der Waals surface area contributed by atoms with Crippen molar-refractivity contribution in [3.05, 3.63) is 0 Å². The second kappa shape index (κ2) is 2.85. The largest absolute Gasteiger partial charge is 0.271 e. The summed E-state index contributed by atoms with van der Waals surface area (Å²) in [4.78, 5) is 2.34. The SMILES string of the molecule is CCN1C=[N+](C)CCC1. The van der Waals surface area contributed by atoms with Crippen molar-refractivity contribution >= 4 is 6.34 Å². The molecule has 0 aliphatic carbocycles. The highest BCUT2D eigenvalue weighted by molar-refractivity contribution is 5.49. The van der Waals surface area contributed by atoms with E-state index in [0.29, 0.717) is 0 Å². The van der Waals surface area contributed by atoms with Crippen molar-refractivity contribution in [2.45, 2.75) is 13.3 Å². The van der Waals surface area contributed by atoms with Crippen LogP contribution in [0, 0.1) is 0 Å². The molecule has 0 aromatic carbocycles. The van der Waals surface area contributed by atoms with Crippen molar-refractivity contribution < 1.29 is 4.58 Å². The lowest BCUT2D eigenvalue weighted by Crippen LogP contribution is -2.34. The molecule has 2 nitrogen and oxygen atoms in total. The standard InChI is InChI=1S/C7H15N2/c1-3-9-6-4-5-8(2)7-9/h7H,3-6H2,1-2H3/q+1. The molecule has 1 heterocycles. The first-order chi connectivity index (χ1) is 4.33. The van der Waals surface area contributed by atoms with Crippen LogP contribution in [0.25, 0.3) is 0 Å². The van der Waals surface area contributed by atoms with Gasteiger partial charge in [0.05, 0.1) is 26.7 Å². The summed E-state index contributed by atoms with van der Waals surface area (Å²) in [5.41, 5.74) is 0. The Morgan fingerprint density at radius 2 is 2.44 bits per heavy atom. The summed E-state index contributed by atoms with van der Waals surface area (Å²) in [6.45, 7) is 5.79. The minimum absolute atomic E-state index is 1.14. The average Bonchev–Trinajstić information content (AvgIpc) is 1.88. The lowest BCUT2D eigenvalue weighted by molar-refractivity contribution is -0.503. The van der Waals surface area contributed by atoms with Crippen LogP contribution in [-0.4, -0.2) is 42.5 Å². The monoisotopic (exact) mass is 127 g/mol. The molecule has 0 amide bonds. The van der Waals surface area contributed by atoms with Gasteiger partial charge < -0.3 is 0 Å². The molecule has 0 saturated heterocycles. The summed E-state index contributed by atoms with van der Waals surface area (Å²) >= 11 is 0. The number of hydrogen-bond donors (Lipinski definition) is 0. The summed E-state index contributed by atoms with van der Waals surface area (Å²) in [5, 5.41) is 0. The second-order valence-corrected chi connectivity index (χ2v) is 2.58. The fraction of sp³-hybridized carbons (Fsp3) is 0.857. The Morgan fingerprint density at radius 1 is 1.67 bits per heavy atom. The third-order valence-electron chi connectivity index (χ3n) is 1.72. The molecule has 2 heteroatoms. The van der Waals surface area contributed by atoms with Gasteiger partial charge in [0.25, 0.3) is 0 Å². The Balaban J connectivity index is 2.47. The predicted octanol–water partition coefficient (Wildman–Crippen LogP) is 0.383. The Morgan fingerprint density at radius 3 is 2.89 bits per heavy atom. The van der Waals surface area contributed by atoms with Gasteiger partial charge in [-0.1, -0.05) is 0 Å². The molecule has 0 unspecified atom stereocenters. The van der Waals surface area contributed by atoms with Crippen LogP contribution >= 0.6 is 0 Å². The molecule has 0 fully saturated rings. The summed E-state index contributed by atoms with van der Waals surface area (Å²) in [5.74, 6) is 0. The van der Waals surface area contributed by atoms with E-state index in [2.05, 4.69) is 29.8 Å². The van der Waals surface area contributed by atoms with E-state index in [4.69, 9.17) is 0 Å². The van der Waals surface area contributed by atoms with Crippen LogP contribution in [0.15, 0.2) is 0 Å². The van der Waals surface area contributed by atoms with Gasteiger partial charge in [-0.2, -0.15) is 0 Å². The van der Waals surface area contributed by atoms with Crippen LogP contribution in [0.1, 0.15) is 13.3 Å². The fourth-order valence-electron chi connectivity index (χ4n) is 1.16. The van der Waals surface area contributed by atoms with Crippen molar-refractivity contribution in [3.8, 4) is 0 Å². The number of nitrogens with zero attached hydrogens (tertiary/aromatic N) is 2. The molecule has 0 bridgehead atoms. The maximum absolute atomic E-state index is 2.34. The lowest BCUT2D eigenvalue weighted by Gasteiger charge is -2.16. The van der Waals surface area contributed by atoms with Crippen LogP contribution in [0.2, 0.25) is 0 Å². The topological polar surface area (TPSA) is 6.25 Å². The van der Waals surface area contributed by atoms with E-state index >= 15 is 0 Å². The first-order valence-electron chi connectivity index (χ1n) is 3.62. The van der Waals surface area contributed by atoms with Crippen LogP contribution in [0.3, 0.4) is 0 Å². The van der Waals surface area contributed by atoms with Gasteiger partial charge in [0.15, 0.2) is 0 Å². The zero-order chi connectivity index (χ0) is 6.69. The molecular formula is C7H15N2+.